The summed E-state index contributed by atoms with van der Waals surface area (Å²) in [6.07, 6.45) is -0.388. The van der Waals surface area contributed by atoms with E-state index in [0.717, 1.165) is 58.8 Å². The third-order valence-electron chi connectivity index (χ3n) is 6.95. The van der Waals surface area contributed by atoms with E-state index in [1.165, 1.54) is 0 Å². The summed E-state index contributed by atoms with van der Waals surface area (Å²) in [6.45, 7) is 6.62. The van der Waals surface area contributed by atoms with Crippen molar-refractivity contribution in [3.63, 3.8) is 0 Å². The van der Waals surface area contributed by atoms with E-state index in [4.69, 9.17) is 9.47 Å². The monoisotopic (exact) mass is 475 g/mol. The van der Waals surface area contributed by atoms with E-state index < -0.39 is 0 Å². The number of rotatable bonds is 7. The first kappa shape index (κ1) is 23.2. The van der Waals surface area contributed by atoms with Gasteiger partial charge in [0.2, 0.25) is 0 Å². The fourth-order valence-corrected chi connectivity index (χ4v) is 5.02. The Morgan fingerprint density at radius 1 is 1.03 bits per heavy atom. The fraction of sp³-hybridized carbons (Fsp3) is 0.310. The van der Waals surface area contributed by atoms with Crippen molar-refractivity contribution in [3.05, 3.63) is 82.9 Å². The zero-order valence-corrected chi connectivity index (χ0v) is 20.0. The molecule has 5 nitrogen and oxygen atoms in total. The van der Waals surface area contributed by atoms with Crippen molar-refractivity contribution in [2.75, 3.05) is 32.9 Å². The SMILES string of the molecule is CC1=C(c2cccc(O)c2)[C@H](c2ccc(OCCN3CC(CF)C3)cc2)Oc2ccc(O)c(C)c21. The Kier molecular flexibility index (Phi) is 6.39. The van der Waals surface area contributed by atoms with E-state index in [1.807, 2.05) is 50.2 Å². The molecule has 2 N–H and O–H groups in total. The van der Waals surface area contributed by atoms with Crippen LogP contribution >= 0.6 is 0 Å². The molecule has 2 aliphatic rings. The summed E-state index contributed by atoms with van der Waals surface area (Å²) in [4.78, 5) is 2.20. The molecule has 0 unspecified atom stereocenters. The lowest BCUT2D eigenvalue weighted by Crippen LogP contribution is -2.49. The Morgan fingerprint density at radius 2 is 1.80 bits per heavy atom. The predicted molar refractivity (Wildman–Crippen MR) is 135 cm³/mol. The lowest BCUT2D eigenvalue weighted by molar-refractivity contribution is 0.0668. The highest BCUT2D eigenvalue weighted by atomic mass is 19.1. The number of aromatic hydroxyl groups is 2. The van der Waals surface area contributed by atoms with Crippen LogP contribution in [0.1, 0.15) is 35.3 Å². The molecule has 0 bridgehead atoms. The smallest absolute Gasteiger partial charge is 0.150 e. The molecule has 5 rings (SSSR count). The number of fused-ring (bicyclic) bond motifs is 1. The summed E-state index contributed by atoms with van der Waals surface area (Å²) in [5, 5.41) is 20.5. The van der Waals surface area contributed by atoms with Gasteiger partial charge in [0.1, 0.15) is 35.7 Å². The molecule has 0 radical (unpaired) electrons. The predicted octanol–water partition coefficient (Wildman–Crippen LogP) is 5.75. The van der Waals surface area contributed by atoms with Crippen molar-refractivity contribution in [2.24, 2.45) is 5.92 Å². The molecule has 2 aliphatic heterocycles. The van der Waals surface area contributed by atoms with Gasteiger partial charge < -0.3 is 19.7 Å². The van der Waals surface area contributed by atoms with Crippen LogP contribution in [-0.4, -0.2) is 48.0 Å². The minimum atomic E-state index is -0.388. The summed E-state index contributed by atoms with van der Waals surface area (Å²) in [6, 6.07) is 18.5. The van der Waals surface area contributed by atoms with Gasteiger partial charge in [-0.05, 0) is 66.9 Å². The van der Waals surface area contributed by atoms with E-state index in [0.29, 0.717) is 12.4 Å². The molecular weight excluding hydrogens is 445 g/mol. The lowest BCUT2D eigenvalue weighted by atomic mass is 9.84. The first-order chi connectivity index (χ1) is 16.9. The van der Waals surface area contributed by atoms with Crippen molar-refractivity contribution in [1.82, 2.24) is 4.90 Å². The quantitative estimate of drug-likeness (QED) is 0.456. The molecule has 3 aromatic rings. The first-order valence-corrected chi connectivity index (χ1v) is 12.0. The second-order valence-electron chi connectivity index (χ2n) is 9.37. The maximum atomic E-state index is 12.6. The number of phenolic OH excluding ortho intramolecular Hbond substituents is 2. The Hall–Kier alpha value is -3.51. The second-order valence-corrected chi connectivity index (χ2v) is 9.37. The highest BCUT2D eigenvalue weighted by Gasteiger charge is 2.31. The van der Waals surface area contributed by atoms with Crippen LogP contribution in [0.15, 0.2) is 60.7 Å². The first-order valence-electron chi connectivity index (χ1n) is 12.0. The van der Waals surface area contributed by atoms with E-state index in [2.05, 4.69) is 4.90 Å². The van der Waals surface area contributed by atoms with Crippen LogP contribution in [0.4, 0.5) is 4.39 Å². The average molecular weight is 476 g/mol. The molecule has 1 fully saturated rings. The van der Waals surface area contributed by atoms with Gasteiger partial charge in [-0.3, -0.25) is 9.29 Å². The number of allylic oxidation sites excluding steroid dienone is 1. The number of hydrogen-bond donors (Lipinski definition) is 2. The van der Waals surface area contributed by atoms with Crippen LogP contribution in [0.3, 0.4) is 0 Å². The van der Waals surface area contributed by atoms with Gasteiger partial charge in [0.25, 0.3) is 0 Å². The standard InChI is InChI=1S/C29H30FNO4/c1-18-25(33)10-11-26-27(18)19(2)28(22-4-3-5-23(32)14-22)29(35-26)21-6-8-24(9-7-21)34-13-12-31-16-20(15-30)17-31/h3-11,14,20,29,32-33H,12-13,15-17H2,1-2H3/t29-/m0/s1. The minimum Gasteiger partial charge on any atom is -0.508 e. The maximum Gasteiger partial charge on any atom is 0.150 e. The zero-order chi connectivity index (χ0) is 24.5. The van der Waals surface area contributed by atoms with Crippen molar-refractivity contribution in [3.8, 4) is 23.0 Å². The number of halogens is 1. The second kappa shape index (κ2) is 9.62. The van der Waals surface area contributed by atoms with Crippen molar-refractivity contribution in [2.45, 2.75) is 20.0 Å². The zero-order valence-electron chi connectivity index (χ0n) is 20.0. The molecule has 35 heavy (non-hydrogen) atoms. The molecule has 0 amide bonds. The van der Waals surface area contributed by atoms with Crippen LogP contribution in [0.5, 0.6) is 23.0 Å². The molecule has 0 spiro atoms. The van der Waals surface area contributed by atoms with E-state index in [1.54, 1.807) is 24.3 Å². The molecule has 6 heteroatoms. The molecule has 0 saturated carbocycles. The Labute approximate surface area is 205 Å². The van der Waals surface area contributed by atoms with Crippen molar-refractivity contribution < 1.29 is 24.1 Å². The van der Waals surface area contributed by atoms with Crippen LogP contribution < -0.4 is 9.47 Å². The number of phenols is 2. The minimum absolute atomic E-state index is 0.180. The van der Waals surface area contributed by atoms with Crippen molar-refractivity contribution in [1.29, 1.82) is 0 Å². The van der Waals surface area contributed by atoms with E-state index >= 15 is 0 Å². The van der Waals surface area contributed by atoms with E-state index in [-0.39, 0.29) is 30.2 Å². The third-order valence-corrected chi connectivity index (χ3v) is 6.95. The normalized spacial score (nSPS) is 18.1. The highest BCUT2D eigenvalue weighted by Crippen LogP contribution is 2.49. The van der Waals surface area contributed by atoms with Crippen LogP contribution in [0.2, 0.25) is 0 Å². The lowest BCUT2D eigenvalue weighted by Gasteiger charge is -2.37. The van der Waals surface area contributed by atoms with Gasteiger partial charge in [0.15, 0.2) is 0 Å². The molecular formula is C29H30FNO4. The Balaban J connectivity index is 1.41. The molecule has 0 aromatic heterocycles. The van der Waals surface area contributed by atoms with Gasteiger partial charge in [0.05, 0.1) is 6.67 Å². The summed E-state index contributed by atoms with van der Waals surface area (Å²) in [5.41, 5.74) is 5.40. The number of benzene rings is 3. The number of nitrogens with zero attached hydrogens (tertiary/aromatic N) is 1. The van der Waals surface area contributed by atoms with Gasteiger partial charge in [-0.15, -0.1) is 0 Å². The largest absolute Gasteiger partial charge is 0.508 e. The topological polar surface area (TPSA) is 62.2 Å². The van der Waals surface area contributed by atoms with E-state index in [9.17, 15) is 14.6 Å². The number of alkyl halides is 1. The Bertz CT molecular complexity index is 1250. The van der Waals surface area contributed by atoms with Gasteiger partial charge in [-0.2, -0.15) is 0 Å². The Morgan fingerprint density at radius 3 is 2.51 bits per heavy atom. The van der Waals surface area contributed by atoms with Crippen LogP contribution in [0, 0.1) is 12.8 Å². The number of likely N-dealkylation sites (tertiary alicyclic amines) is 1. The number of hydrogen-bond acceptors (Lipinski definition) is 5. The van der Waals surface area contributed by atoms with Gasteiger partial charge in [-0.1, -0.05) is 24.3 Å². The number of ether oxygens (including phenoxy) is 2. The third kappa shape index (κ3) is 4.58. The molecule has 3 aromatic carbocycles. The molecule has 182 valence electrons. The highest BCUT2D eigenvalue weighted by molar-refractivity contribution is 5.96. The summed E-state index contributed by atoms with van der Waals surface area (Å²) in [5.74, 6) is 2.07. The van der Waals surface area contributed by atoms with Gasteiger partial charge >= 0.3 is 0 Å². The maximum absolute atomic E-state index is 12.6. The van der Waals surface area contributed by atoms with Gasteiger partial charge in [0, 0.05) is 42.3 Å². The average Bonchev–Trinajstić information content (AvgIpc) is 2.83. The summed E-state index contributed by atoms with van der Waals surface area (Å²) in [7, 11) is 0. The fourth-order valence-electron chi connectivity index (χ4n) is 5.02. The molecule has 1 saturated heterocycles. The van der Waals surface area contributed by atoms with Crippen LogP contribution in [-0.2, 0) is 0 Å². The van der Waals surface area contributed by atoms with Crippen molar-refractivity contribution >= 4 is 11.1 Å². The molecule has 2 heterocycles. The molecule has 1 atom stereocenters. The molecule has 0 aliphatic carbocycles. The van der Waals surface area contributed by atoms with Gasteiger partial charge in [-0.25, -0.2) is 0 Å². The van der Waals surface area contributed by atoms with Crippen LogP contribution in [0.25, 0.3) is 11.1 Å². The summed E-state index contributed by atoms with van der Waals surface area (Å²) < 4.78 is 25.0. The summed E-state index contributed by atoms with van der Waals surface area (Å²) >= 11 is 0.